The van der Waals surface area contributed by atoms with Gasteiger partial charge in [0, 0.05) is 18.7 Å². The lowest BCUT2D eigenvalue weighted by Gasteiger charge is -2.19. The summed E-state index contributed by atoms with van der Waals surface area (Å²) in [7, 11) is 0. The number of nitrogens with zero attached hydrogens (tertiary/aromatic N) is 3. The second-order valence-corrected chi connectivity index (χ2v) is 7.95. The van der Waals surface area contributed by atoms with Crippen LogP contribution >= 0.6 is 0 Å². The number of esters is 1. The van der Waals surface area contributed by atoms with Gasteiger partial charge in [-0.25, -0.2) is 4.68 Å². The molecule has 3 rings (SSSR count). The van der Waals surface area contributed by atoms with Gasteiger partial charge in [0.1, 0.15) is 5.82 Å². The molecule has 1 aliphatic heterocycles. The van der Waals surface area contributed by atoms with Gasteiger partial charge in [0.15, 0.2) is 6.10 Å². The van der Waals surface area contributed by atoms with E-state index in [0.717, 1.165) is 25.7 Å². The van der Waals surface area contributed by atoms with Crippen LogP contribution < -0.4 is 5.32 Å². The van der Waals surface area contributed by atoms with Gasteiger partial charge in [0.2, 0.25) is 11.8 Å². The fourth-order valence-electron chi connectivity index (χ4n) is 4.02. The van der Waals surface area contributed by atoms with Gasteiger partial charge < -0.3 is 10.1 Å². The first-order valence-electron chi connectivity index (χ1n) is 10.2. The van der Waals surface area contributed by atoms with Crippen LogP contribution in [0, 0.1) is 11.8 Å². The van der Waals surface area contributed by atoms with Crippen molar-refractivity contribution >= 4 is 29.5 Å². The van der Waals surface area contributed by atoms with Gasteiger partial charge in [0.05, 0.1) is 24.5 Å². The Morgan fingerprint density at radius 1 is 1.17 bits per heavy atom. The van der Waals surface area contributed by atoms with E-state index in [-0.39, 0.29) is 42.7 Å². The second kappa shape index (κ2) is 8.75. The lowest BCUT2D eigenvalue weighted by Crippen LogP contribution is -2.35. The number of nitrogens with one attached hydrogen (secondary N) is 1. The normalized spacial score (nSPS) is 22.6. The number of amides is 3. The number of carbonyl (C=O) groups is 4. The van der Waals surface area contributed by atoms with Gasteiger partial charge in [-0.2, -0.15) is 5.10 Å². The monoisotopic (exact) mass is 404 g/mol. The smallest absolute Gasteiger partial charge is 0.308 e. The molecule has 1 saturated carbocycles. The first-order valence-corrected chi connectivity index (χ1v) is 10.2. The number of imide groups is 1. The van der Waals surface area contributed by atoms with Gasteiger partial charge in [0.25, 0.3) is 5.91 Å². The van der Waals surface area contributed by atoms with Gasteiger partial charge in [-0.3, -0.25) is 24.1 Å². The van der Waals surface area contributed by atoms with Crippen LogP contribution in [0.15, 0.2) is 12.3 Å². The van der Waals surface area contributed by atoms with Gasteiger partial charge in [-0.05, 0) is 33.6 Å². The molecule has 158 valence electrons. The molecule has 1 aromatic rings. The molecule has 29 heavy (non-hydrogen) atoms. The molecule has 0 unspecified atom stereocenters. The summed E-state index contributed by atoms with van der Waals surface area (Å²) in [6.45, 7) is 5.34. The maximum Gasteiger partial charge on any atom is 0.308 e. The molecule has 2 heterocycles. The summed E-state index contributed by atoms with van der Waals surface area (Å²) in [6, 6.07) is 1.73. The number of aromatic nitrogens is 2. The zero-order chi connectivity index (χ0) is 21.1. The minimum Gasteiger partial charge on any atom is -0.452 e. The number of ether oxygens (including phenoxy) is 1. The number of likely N-dealkylation sites (tertiary alicyclic amines) is 1. The van der Waals surface area contributed by atoms with Crippen LogP contribution in [0.3, 0.4) is 0 Å². The lowest BCUT2D eigenvalue weighted by molar-refractivity contribution is -0.154. The quantitative estimate of drug-likeness (QED) is 0.549. The molecule has 0 radical (unpaired) electrons. The van der Waals surface area contributed by atoms with Crippen LogP contribution in [0.5, 0.6) is 0 Å². The molecule has 9 heteroatoms. The Morgan fingerprint density at radius 2 is 1.79 bits per heavy atom. The molecule has 1 aliphatic carbocycles. The van der Waals surface area contributed by atoms with Gasteiger partial charge in [-0.1, -0.05) is 12.8 Å². The number of carbonyl (C=O) groups excluding carboxylic acids is 4. The van der Waals surface area contributed by atoms with Crippen molar-refractivity contribution < 1.29 is 23.9 Å². The zero-order valence-electron chi connectivity index (χ0n) is 17.1. The molecular weight excluding hydrogens is 376 g/mol. The first-order chi connectivity index (χ1) is 13.8. The van der Waals surface area contributed by atoms with Crippen molar-refractivity contribution in [3.05, 3.63) is 12.3 Å². The van der Waals surface area contributed by atoms with Crippen LogP contribution in [0.1, 0.15) is 58.9 Å². The van der Waals surface area contributed by atoms with E-state index in [0.29, 0.717) is 5.82 Å². The highest BCUT2D eigenvalue weighted by Crippen LogP contribution is 2.37. The lowest BCUT2D eigenvalue weighted by atomic mass is 9.81. The molecule has 1 N–H and O–H groups in total. The molecule has 2 aliphatic rings. The predicted octanol–water partition coefficient (Wildman–Crippen LogP) is 1.90. The zero-order valence-corrected chi connectivity index (χ0v) is 17.1. The van der Waals surface area contributed by atoms with Crippen LogP contribution in [0.25, 0.3) is 0 Å². The van der Waals surface area contributed by atoms with E-state index in [4.69, 9.17) is 4.74 Å². The SMILES string of the molecule is CC(C)n1nccc1NC(=O)[C@@H](C)OC(=O)CCN1C(=O)[C@H]2CCCC[C@@H]2C1=O. The van der Waals surface area contributed by atoms with E-state index in [1.165, 1.54) is 11.8 Å². The Hall–Kier alpha value is -2.71. The molecule has 0 spiro atoms. The van der Waals surface area contributed by atoms with Crippen LogP contribution in [-0.4, -0.2) is 51.0 Å². The predicted molar refractivity (Wildman–Crippen MR) is 104 cm³/mol. The molecule has 0 bridgehead atoms. The van der Waals surface area contributed by atoms with E-state index in [2.05, 4.69) is 10.4 Å². The van der Waals surface area contributed by atoms with Crippen molar-refractivity contribution in [1.82, 2.24) is 14.7 Å². The van der Waals surface area contributed by atoms with Crippen LogP contribution in [0.4, 0.5) is 5.82 Å². The number of hydrogen-bond donors (Lipinski definition) is 1. The molecule has 1 saturated heterocycles. The summed E-state index contributed by atoms with van der Waals surface area (Å²) in [5.41, 5.74) is 0. The van der Waals surface area contributed by atoms with Crippen molar-refractivity contribution in [2.45, 2.75) is 65.0 Å². The van der Waals surface area contributed by atoms with Crippen molar-refractivity contribution in [3.63, 3.8) is 0 Å². The van der Waals surface area contributed by atoms with Crippen molar-refractivity contribution in [1.29, 1.82) is 0 Å². The number of fused-ring (bicyclic) bond motifs is 1. The summed E-state index contributed by atoms with van der Waals surface area (Å²) in [5.74, 6) is -1.41. The highest BCUT2D eigenvalue weighted by molar-refractivity contribution is 6.05. The number of hydrogen-bond acceptors (Lipinski definition) is 6. The van der Waals surface area contributed by atoms with E-state index in [1.807, 2.05) is 13.8 Å². The van der Waals surface area contributed by atoms with E-state index in [1.54, 1.807) is 16.9 Å². The molecule has 9 nitrogen and oxygen atoms in total. The minimum absolute atomic E-state index is 0.00202. The highest BCUT2D eigenvalue weighted by atomic mass is 16.5. The molecule has 0 aromatic carbocycles. The standard InChI is InChI=1S/C20H28N4O5/c1-12(2)24-16(8-10-21-24)22-18(26)13(3)29-17(25)9-11-23-19(27)14-6-4-5-7-15(14)20(23)28/h8,10,12-15H,4-7,9,11H2,1-3H3,(H,22,26)/t13-,14+,15+/m1/s1. The molecule has 3 atom stereocenters. The van der Waals surface area contributed by atoms with Crippen molar-refractivity contribution in [3.8, 4) is 0 Å². The van der Waals surface area contributed by atoms with E-state index < -0.39 is 18.0 Å². The fraction of sp³-hybridized carbons (Fsp3) is 0.650. The van der Waals surface area contributed by atoms with Crippen LogP contribution in [0.2, 0.25) is 0 Å². The number of anilines is 1. The topological polar surface area (TPSA) is 111 Å². The Bertz CT molecular complexity index is 779. The third-order valence-corrected chi connectivity index (χ3v) is 5.56. The minimum atomic E-state index is -1.01. The Labute approximate surface area is 169 Å². The molecule has 2 fully saturated rings. The average Bonchev–Trinajstić information content (AvgIpc) is 3.24. The first kappa shape index (κ1) is 21.0. The van der Waals surface area contributed by atoms with Crippen LogP contribution in [-0.2, 0) is 23.9 Å². The van der Waals surface area contributed by atoms with Gasteiger partial charge >= 0.3 is 5.97 Å². The summed E-state index contributed by atoms with van der Waals surface area (Å²) in [6.07, 6.45) is 3.83. The van der Waals surface area contributed by atoms with Gasteiger partial charge in [-0.15, -0.1) is 0 Å². The summed E-state index contributed by atoms with van der Waals surface area (Å²) >= 11 is 0. The molecule has 1 aromatic heterocycles. The second-order valence-electron chi connectivity index (χ2n) is 7.95. The molecular formula is C20H28N4O5. The summed E-state index contributed by atoms with van der Waals surface area (Å²) in [5, 5.41) is 6.82. The maximum absolute atomic E-state index is 12.4. The van der Waals surface area contributed by atoms with Crippen molar-refractivity contribution in [2.75, 3.05) is 11.9 Å². The highest BCUT2D eigenvalue weighted by Gasteiger charge is 2.47. The maximum atomic E-state index is 12.4. The summed E-state index contributed by atoms with van der Waals surface area (Å²) in [4.78, 5) is 50.5. The average molecular weight is 404 g/mol. The Balaban J connectivity index is 1.49. The third kappa shape index (κ3) is 4.49. The third-order valence-electron chi connectivity index (χ3n) is 5.56. The Morgan fingerprint density at radius 3 is 2.38 bits per heavy atom. The number of rotatable bonds is 7. The molecule has 3 amide bonds. The summed E-state index contributed by atoms with van der Waals surface area (Å²) < 4.78 is 6.83. The van der Waals surface area contributed by atoms with E-state index in [9.17, 15) is 19.2 Å². The van der Waals surface area contributed by atoms with Crippen molar-refractivity contribution in [2.24, 2.45) is 11.8 Å². The van der Waals surface area contributed by atoms with E-state index >= 15 is 0 Å². The fourth-order valence-corrected chi connectivity index (χ4v) is 4.02. The largest absolute Gasteiger partial charge is 0.452 e. The Kier molecular flexibility index (Phi) is 6.34.